The molecule has 3 rings (SSSR count). The van der Waals surface area contributed by atoms with Crippen molar-refractivity contribution in [1.82, 2.24) is 10.2 Å². The van der Waals surface area contributed by atoms with Crippen LogP contribution in [0.2, 0.25) is 0 Å². The van der Waals surface area contributed by atoms with Crippen LogP contribution in [0.1, 0.15) is 42.5 Å². The maximum absolute atomic E-state index is 12.9. The van der Waals surface area contributed by atoms with E-state index in [0.29, 0.717) is 6.54 Å². The van der Waals surface area contributed by atoms with Crippen LogP contribution in [0, 0.1) is 0 Å². The highest BCUT2D eigenvalue weighted by Crippen LogP contribution is 2.35. The summed E-state index contributed by atoms with van der Waals surface area (Å²) in [7, 11) is 1.65. The number of hydrogen-bond donors (Lipinski definition) is 1. The van der Waals surface area contributed by atoms with Gasteiger partial charge in [0.2, 0.25) is 0 Å². The van der Waals surface area contributed by atoms with Gasteiger partial charge in [-0.15, -0.1) is 0 Å². The van der Waals surface area contributed by atoms with Gasteiger partial charge in [0.15, 0.2) is 0 Å². The van der Waals surface area contributed by atoms with Crippen molar-refractivity contribution in [3.8, 4) is 5.75 Å². The van der Waals surface area contributed by atoms with Gasteiger partial charge in [-0.3, -0.25) is 0 Å². The van der Waals surface area contributed by atoms with Crippen LogP contribution >= 0.6 is 0 Å². The SMILES string of the molecule is CCCN(C(=O)NCc1ccccc1OC)[C@@H]1CCc2ccccc21. The van der Waals surface area contributed by atoms with E-state index >= 15 is 0 Å². The Balaban J connectivity index is 1.72. The van der Waals surface area contributed by atoms with E-state index in [9.17, 15) is 4.79 Å². The van der Waals surface area contributed by atoms with Gasteiger partial charge in [-0.1, -0.05) is 49.4 Å². The zero-order chi connectivity index (χ0) is 17.6. The number of methoxy groups -OCH3 is 1. The normalized spacial score (nSPS) is 15.5. The summed E-state index contributed by atoms with van der Waals surface area (Å²) in [5.41, 5.74) is 3.65. The minimum atomic E-state index is -0.00513. The first-order chi connectivity index (χ1) is 12.2. The summed E-state index contributed by atoms with van der Waals surface area (Å²) in [5, 5.41) is 3.07. The number of carbonyl (C=O) groups excluding carboxylic acids is 1. The van der Waals surface area contributed by atoms with Gasteiger partial charge in [0.25, 0.3) is 0 Å². The Morgan fingerprint density at radius 3 is 2.76 bits per heavy atom. The highest BCUT2D eigenvalue weighted by atomic mass is 16.5. The molecule has 0 unspecified atom stereocenters. The molecule has 1 aliphatic rings. The van der Waals surface area contributed by atoms with Crippen LogP contribution in [0.4, 0.5) is 4.79 Å². The van der Waals surface area contributed by atoms with Gasteiger partial charge in [-0.25, -0.2) is 4.79 Å². The molecule has 132 valence electrons. The summed E-state index contributed by atoms with van der Waals surface area (Å²) in [4.78, 5) is 14.9. The highest BCUT2D eigenvalue weighted by molar-refractivity contribution is 5.75. The Morgan fingerprint density at radius 2 is 1.96 bits per heavy atom. The van der Waals surface area contributed by atoms with Crippen LogP contribution in [0.25, 0.3) is 0 Å². The van der Waals surface area contributed by atoms with Crippen LogP contribution in [-0.4, -0.2) is 24.6 Å². The van der Waals surface area contributed by atoms with Crippen molar-refractivity contribution in [2.24, 2.45) is 0 Å². The first-order valence-electron chi connectivity index (χ1n) is 8.98. The lowest BCUT2D eigenvalue weighted by atomic mass is 10.1. The molecule has 1 atom stereocenters. The minimum absolute atomic E-state index is 0.00513. The lowest BCUT2D eigenvalue weighted by Gasteiger charge is -2.30. The van der Waals surface area contributed by atoms with Crippen molar-refractivity contribution in [2.45, 2.75) is 38.8 Å². The molecule has 0 radical (unpaired) electrons. The molecular formula is C21H26N2O2. The van der Waals surface area contributed by atoms with Gasteiger partial charge in [-0.05, 0) is 36.5 Å². The molecule has 2 amide bonds. The van der Waals surface area contributed by atoms with E-state index in [1.165, 1.54) is 11.1 Å². The summed E-state index contributed by atoms with van der Waals surface area (Å²) in [6.07, 6.45) is 2.99. The molecule has 0 heterocycles. The molecule has 0 saturated heterocycles. The Hall–Kier alpha value is -2.49. The summed E-state index contributed by atoms with van der Waals surface area (Å²) in [5.74, 6) is 0.802. The summed E-state index contributed by atoms with van der Waals surface area (Å²) in [6.45, 7) is 3.34. The summed E-state index contributed by atoms with van der Waals surface area (Å²) < 4.78 is 5.37. The third-order valence-electron chi connectivity index (χ3n) is 4.83. The first-order valence-corrected chi connectivity index (χ1v) is 8.98. The van der Waals surface area contributed by atoms with Gasteiger partial charge in [0, 0.05) is 18.7 Å². The lowest BCUT2D eigenvalue weighted by Crippen LogP contribution is -2.41. The van der Waals surface area contributed by atoms with E-state index in [0.717, 1.165) is 37.1 Å². The van der Waals surface area contributed by atoms with Crippen LogP contribution in [0.3, 0.4) is 0 Å². The molecule has 1 aliphatic carbocycles. The predicted octanol–water partition coefficient (Wildman–Crippen LogP) is 4.30. The number of carbonyl (C=O) groups is 1. The van der Waals surface area contributed by atoms with Gasteiger partial charge in [0.05, 0.1) is 13.2 Å². The third kappa shape index (κ3) is 3.78. The quantitative estimate of drug-likeness (QED) is 0.853. The number of para-hydroxylation sites is 1. The third-order valence-corrected chi connectivity index (χ3v) is 4.83. The van der Waals surface area contributed by atoms with Crippen molar-refractivity contribution >= 4 is 6.03 Å². The second kappa shape index (κ2) is 8.06. The van der Waals surface area contributed by atoms with E-state index in [-0.39, 0.29) is 12.1 Å². The smallest absolute Gasteiger partial charge is 0.318 e. The number of ether oxygens (including phenoxy) is 1. The van der Waals surface area contributed by atoms with E-state index in [4.69, 9.17) is 4.74 Å². The standard InChI is InChI=1S/C21H26N2O2/c1-3-14-23(19-13-12-16-8-4-6-10-18(16)19)21(24)22-15-17-9-5-7-11-20(17)25-2/h4-11,19H,3,12-15H2,1-2H3,(H,22,24)/t19-/m1/s1. The van der Waals surface area contributed by atoms with E-state index in [2.05, 4.69) is 36.5 Å². The molecule has 2 aromatic carbocycles. The Morgan fingerprint density at radius 1 is 1.20 bits per heavy atom. The number of urea groups is 1. The molecule has 0 aromatic heterocycles. The zero-order valence-electron chi connectivity index (χ0n) is 15.0. The summed E-state index contributed by atoms with van der Waals surface area (Å²) >= 11 is 0. The molecule has 0 saturated carbocycles. The topological polar surface area (TPSA) is 41.6 Å². The van der Waals surface area contributed by atoms with E-state index in [1.807, 2.05) is 29.2 Å². The molecule has 25 heavy (non-hydrogen) atoms. The summed E-state index contributed by atoms with van der Waals surface area (Å²) in [6, 6.07) is 16.4. The number of amides is 2. The molecule has 2 aromatic rings. The maximum atomic E-state index is 12.9. The Labute approximate surface area is 149 Å². The van der Waals surface area contributed by atoms with Gasteiger partial charge in [-0.2, -0.15) is 0 Å². The second-order valence-electron chi connectivity index (χ2n) is 6.42. The van der Waals surface area contributed by atoms with Crippen molar-refractivity contribution < 1.29 is 9.53 Å². The van der Waals surface area contributed by atoms with E-state index in [1.54, 1.807) is 7.11 Å². The first kappa shape index (κ1) is 17.3. The molecular weight excluding hydrogens is 312 g/mol. The van der Waals surface area contributed by atoms with Gasteiger partial charge in [0.1, 0.15) is 5.75 Å². The Kier molecular flexibility index (Phi) is 5.59. The van der Waals surface area contributed by atoms with Crippen LogP contribution in [0.5, 0.6) is 5.75 Å². The van der Waals surface area contributed by atoms with Crippen molar-refractivity contribution in [2.75, 3.05) is 13.7 Å². The molecule has 0 bridgehead atoms. The van der Waals surface area contributed by atoms with Crippen LogP contribution in [0.15, 0.2) is 48.5 Å². The molecule has 4 nitrogen and oxygen atoms in total. The number of rotatable bonds is 6. The van der Waals surface area contributed by atoms with Crippen LogP contribution < -0.4 is 10.1 Å². The fourth-order valence-electron chi connectivity index (χ4n) is 3.62. The number of aryl methyl sites for hydroxylation is 1. The van der Waals surface area contributed by atoms with Gasteiger partial charge >= 0.3 is 6.03 Å². The highest BCUT2D eigenvalue weighted by Gasteiger charge is 2.30. The second-order valence-corrected chi connectivity index (χ2v) is 6.42. The van der Waals surface area contributed by atoms with E-state index < -0.39 is 0 Å². The lowest BCUT2D eigenvalue weighted by molar-refractivity contribution is 0.173. The number of fused-ring (bicyclic) bond motifs is 1. The monoisotopic (exact) mass is 338 g/mol. The van der Waals surface area contributed by atoms with Crippen LogP contribution in [-0.2, 0) is 13.0 Å². The Bertz CT molecular complexity index is 729. The number of nitrogens with zero attached hydrogens (tertiary/aromatic N) is 1. The predicted molar refractivity (Wildman–Crippen MR) is 99.7 cm³/mol. The molecule has 4 heteroatoms. The fraction of sp³-hybridized carbons (Fsp3) is 0.381. The molecule has 0 spiro atoms. The number of benzene rings is 2. The molecule has 1 N–H and O–H groups in total. The fourth-order valence-corrected chi connectivity index (χ4v) is 3.62. The average molecular weight is 338 g/mol. The number of hydrogen-bond acceptors (Lipinski definition) is 2. The minimum Gasteiger partial charge on any atom is -0.496 e. The maximum Gasteiger partial charge on any atom is 0.318 e. The zero-order valence-corrected chi connectivity index (χ0v) is 15.0. The largest absolute Gasteiger partial charge is 0.496 e. The average Bonchev–Trinajstić information content (AvgIpc) is 3.08. The molecule has 0 aliphatic heterocycles. The van der Waals surface area contributed by atoms with Crippen molar-refractivity contribution in [1.29, 1.82) is 0 Å². The van der Waals surface area contributed by atoms with Crippen molar-refractivity contribution in [3.63, 3.8) is 0 Å². The van der Waals surface area contributed by atoms with Crippen molar-refractivity contribution in [3.05, 3.63) is 65.2 Å². The number of nitrogens with one attached hydrogen (secondary N) is 1. The van der Waals surface area contributed by atoms with Gasteiger partial charge < -0.3 is 15.0 Å². The molecule has 0 fully saturated rings.